The first-order valence-electron chi connectivity index (χ1n) is 8.62. The van der Waals surface area contributed by atoms with Crippen molar-refractivity contribution in [2.45, 2.75) is 13.3 Å². The normalized spacial score (nSPS) is 16.2. The molecule has 0 spiro atoms. The molecule has 8 heteroatoms. The first-order chi connectivity index (χ1) is 13.3. The van der Waals surface area contributed by atoms with Gasteiger partial charge in [0.2, 0.25) is 5.91 Å². The number of benzene rings is 2. The molecule has 1 aliphatic rings. The molecule has 146 valence electrons. The van der Waals surface area contributed by atoms with Crippen LogP contribution in [-0.4, -0.2) is 30.9 Å². The number of carbonyl (C=O) groups excluding carboxylic acids is 3. The Morgan fingerprint density at radius 2 is 1.89 bits per heavy atom. The molecule has 28 heavy (non-hydrogen) atoms. The highest BCUT2D eigenvalue weighted by molar-refractivity contribution is 6.35. The molecule has 0 unspecified atom stereocenters. The molecule has 0 bridgehead atoms. The van der Waals surface area contributed by atoms with Crippen LogP contribution in [0.5, 0.6) is 0 Å². The number of hydrogen-bond acceptors (Lipinski definition) is 4. The van der Waals surface area contributed by atoms with Crippen LogP contribution in [0.25, 0.3) is 0 Å². The highest BCUT2D eigenvalue weighted by Crippen LogP contribution is 2.33. The number of halogens is 2. The summed E-state index contributed by atoms with van der Waals surface area (Å²) in [6.45, 7) is 1.64. The fourth-order valence-corrected chi connectivity index (χ4v) is 3.27. The van der Waals surface area contributed by atoms with E-state index in [4.69, 9.17) is 27.9 Å². The van der Waals surface area contributed by atoms with Gasteiger partial charge in [0.25, 0.3) is 5.91 Å². The van der Waals surface area contributed by atoms with Gasteiger partial charge in [-0.25, -0.2) is 0 Å². The Balaban J connectivity index is 1.55. The summed E-state index contributed by atoms with van der Waals surface area (Å²) in [5.41, 5.74) is 2.13. The Hall–Kier alpha value is -2.57. The maximum Gasteiger partial charge on any atom is 0.311 e. The summed E-state index contributed by atoms with van der Waals surface area (Å²) < 4.78 is 5.08. The molecule has 1 aliphatic heterocycles. The highest BCUT2D eigenvalue weighted by Gasteiger charge is 2.37. The van der Waals surface area contributed by atoms with Crippen LogP contribution in [0.3, 0.4) is 0 Å². The van der Waals surface area contributed by atoms with Gasteiger partial charge in [0.15, 0.2) is 6.61 Å². The third-order valence-electron chi connectivity index (χ3n) is 4.34. The fourth-order valence-electron chi connectivity index (χ4n) is 2.88. The molecule has 1 atom stereocenters. The standard InChI is InChI=1S/C20H18Cl2N2O4/c1-12-2-5-15(6-3-12)23-18(25)11-28-20(27)13-8-19(26)24(10-13)17-9-14(21)4-7-16(17)22/h2-7,9,13H,8,10-11H2,1H3,(H,23,25)/t13-/m0/s1. The van der Waals surface area contributed by atoms with Gasteiger partial charge in [-0.3, -0.25) is 14.4 Å². The average Bonchev–Trinajstić information content (AvgIpc) is 3.05. The molecule has 0 aliphatic carbocycles. The first kappa shape index (κ1) is 20.2. The third kappa shape index (κ3) is 4.82. The van der Waals surface area contributed by atoms with Gasteiger partial charge in [-0.1, -0.05) is 40.9 Å². The summed E-state index contributed by atoms with van der Waals surface area (Å²) >= 11 is 12.1. The molecule has 0 aromatic heterocycles. The van der Waals surface area contributed by atoms with Crippen LogP contribution in [-0.2, 0) is 19.1 Å². The van der Waals surface area contributed by atoms with Gasteiger partial charge in [0, 0.05) is 23.7 Å². The van der Waals surface area contributed by atoms with Gasteiger partial charge in [0.05, 0.1) is 16.6 Å². The SMILES string of the molecule is Cc1ccc(NC(=O)COC(=O)[C@H]2CC(=O)N(c3cc(Cl)ccc3Cl)C2)cc1. The van der Waals surface area contributed by atoms with Crippen molar-refractivity contribution in [1.82, 2.24) is 0 Å². The van der Waals surface area contributed by atoms with E-state index in [1.165, 1.54) is 4.90 Å². The second kappa shape index (κ2) is 8.63. The zero-order valence-corrected chi connectivity index (χ0v) is 16.6. The molecule has 2 amide bonds. The first-order valence-corrected chi connectivity index (χ1v) is 9.37. The van der Waals surface area contributed by atoms with Gasteiger partial charge in [-0.15, -0.1) is 0 Å². The van der Waals surface area contributed by atoms with Gasteiger partial charge < -0.3 is 15.0 Å². The Kier molecular flexibility index (Phi) is 6.21. The number of nitrogens with one attached hydrogen (secondary N) is 1. The van der Waals surface area contributed by atoms with Crippen LogP contribution in [0.1, 0.15) is 12.0 Å². The minimum Gasteiger partial charge on any atom is -0.455 e. The minimum absolute atomic E-state index is 0.0126. The molecular weight excluding hydrogens is 403 g/mol. The Morgan fingerprint density at radius 1 is 1.18 bits per heavy atom. The van der Waals surface area contributed by atoms with Crippen molar-refractivity contribution in [2.24, 2.45) is 5.92 Å². The summed E-state index contributed by atoms with van der Waals surface area (Å²) in [5, 5.41) is 3.45. The van der Waals surface area contributed by atoms with Crippen LogP contribution in [0.15, 0.2) is 42.5 Å². The van der Waals surface area contributed by atoms with Crippen LogP contribution >= 0.6 is 23.2 Å². The molecule has 1 heterocycles. The summed E-state index contributed by atoms with van der Waals surface area (Å²) in [5.74, 6) is -1.98. The van der Waals surface area contributed by atoms with Gasteiger partial charge in [0.1, 0.15) is 0 Å². The molecule has 1 saturated heterocycles. The molecule has 0 saturated carbocycles. The van der Waals surface area contributed by atoms with E-state index in [1.807, 2.05) is 19.1 Å². The van der Waals surface area contributed by atoms with Gasteiger partial charge in [-0.2, -0.15) is 0 Å². The van der Waals surface area contributed by atoms with E-state index < -0.39 is 24.4 Å². The summed E-state index contributed by atoms with van der Waals surface area (Å²) in [6.07, 6.45) is -0.0126. The lowest BCUT2D eigenvalue weighted by atomic mass is 10.1. The quantitative estimate of drug-likeness (QED) is 0.745. The van der Waals surface area contributed by atoms with E-state index in [-0.39, 0.29) is 18.9 Å². The molecule has 1 fully saturated rings. The third-order valence-corrected chi connectivity index (χ3v) is 4.89. The molecule has 6 nitrogen and oxygen atoms in total. The number of ether oxygens (including phenoxy) is 1. The van der Waals surface area contributed by atoms with Crippen LogP contribution in [0.2, 0.25) is 10.0 Å². The van der Waals surface area contributed by atoms with Crippen molar-refractivity contribution in [1.29, 1.82) is 0 Å². The number of amides is 2. The predicted molar refractivity (Wildman–Crippen MR) is 108 cm³/mol. The Labute approximate surface area is 172 Å². The second-order valence-corrected chi connectivity index (χ2v) is 7.37. The number of anilines is 2. The van der Waals surface area contributed by atoms with E-state index in [0.717, 1.165) is 5.56 Å². The average molecular weight is 421 g/mol. The lowest BCUT2D eigenvalue weighted by molar-refractivity contribution is -0.151. The van der Waals surface area contributed by atoms with Crippen molar-refractivity contribution < 1.29 is 19.1 Å². The summed E-state index contributed by atoms with van der Waals surface area (Å²) in [7, 11) is 0. The smallest absolute Gasteiger partial charge is 0.311 e. The lowest BCUT2D eigenvalue weighted by Crippen LogP contribution is -2.28. The van der Waals surface area contributed by atoms with E-state index >= 15 is 0 Å². The zero-order valence-electron chi connectivity index (χ0n) is 15.1. The summed E-state index contributed by atoms with van der Waals surface area (Å²) in [6, 6.07) is 12.0. The van der Waals surface area contributed by atoms with E-state index in [0.29, 0.717) is 21.4 Å². The maximum atomic E-state index is 12.3. The fraction of sp³-hybridized carbons (Fsp3) is 0.250. The molecule has 2 aromatic rings. The van der Waals surface area contributed by atoms with Gasteiger partial charge in [-0.05, 0) is 37.3 Å². The molecule has 0 radical (unpaired) electrons. The molecular formula is C20H18Cl2N2O4. The lowest BCUT2D eigenvalue weighted by Gasteiger charge is -2.18. The van der Waals surface area contributed by atoms with Crippen LogP contribution in [0.4, 0.5) is 11.4 Å². The number of aryl methyl sites for hydroxylation is 1. The van der Waals surface area contributed by atoms with Crippen LogP contribution in [0, 0.1) is 12.8 Å². The van der Waals surface area contributed by atoms with E-state index in [9.17, 15) is 14.4 Å². The number of nitrogens with zero attached hydrogens (tertiary/aromatic N) is 1. The number of esters is 1. The Morgan fingerprint density at radius 3 is 2.61 bits per heavy atom. The van der Waals surface area contributed by atoms with Crippen molar-refractivity contribution in [3.63, 3.8) is 0 Å². The highest BCUT2D eigenvalue weighted by atomic mass is 35.5. The number of hydrogen-bond donors (Lipinski definition) is 1. The monoisotopic (exact) mass is 420 g/mol. The number of carbonyl (C=O) groups is 3. The second-order valence-electron chi connectivity index (χ2n) is 6.52. The summed E-state index contributed by atoms with van der Waals surface area (Å²) in [4.78, 5) is 37.9. The minimum atomic E-state index is -0.672. The van der Waals surface area contributed by atoms with E-state index in [2.05, 4.69) is 5.32 Å². The Bertz CT molecular complexity index is 915. The van der Waals surface area contributed by atoms with Crippen LogP contribution < -0.4 is 10.2 Å². The van der Waals surface area contributed by atoms with Crippen molar-refractivity contribution in [3.05, 3.63) is 58.1 Å². The molecule has 2 aromatic carbocycles. The van der Waals surface area contributed by atoms with E-state index in [1.54, 1.807) is 30.3 Å². The van der Waals surface area contributed by atoms with Crippen molar-refractivity contribution in [2.75, 3.05) is 23.4 Å². The maximum absolute atomic E-state index is 12.3. The van der Waals surface area contributed by atoms with Crippen molar-refractivity contribution in [3.8, 4) is 0 Å². The van der Waals surface area contributed by atoms with Crippen molar-refractivity contribution >= 4 is 52.4 Å². The zero-order chi connectivity index (χ0) is 20.3. The van der Waals surface area contributed by atoms with Gasteiger partial charge >= 0.3 is 5.97 Å². The predicted octanol–water partition coefficient (Wildman–Crippen LogP) is 3.84. The largest absolute Gasteiger partial charge is 0.455 e. The topological polar surface area (TPSA) is 75.7 Å². The molecule has 3 rings (SSSR count). The number of rotatable bonds is 5. The molecule has 1 N–H and O–H groups in total.